The summed E-state index contributed by atoms with van der Waals surface area (Å²) in [6.45, 7) is 3.90. The van der Waals surface area contributed by atoms with Crippen molar-refractivity contribution in [3.63, 3.8) is 0 Å². The van der Waals surface area contributed by atoms with Crippen LogP contribution in [0.15, 0.2) is 42.5 Å². The lowest BCUT2D eigenvalue weighted by Crippen LogP contribution is -2.28. The van der Waals surface area contributed by atoms with Crippen LogP contribution in [-0.4, -0.2) is 8.42 Å². The van der Waals surface area contributed by atoms with E-state index in [2.05, 4.69) is 16.9 Å². The smallest absolute Gasteiger partial charge is 0.212 e. The van der Waals surface area contributed by atoms with E-state index >= 15 is 0 Å². The topological polar surface area (TPSA) is 46.2 Å². The number of hydrogen-bond acceptors (Lipinski definition) is 2. The zero-order valence-corrected chi connectivity index (χ0v) is 14.5. The van der Waals surface area contributed by atoms with Crippen molar-refractivity contribution in [3.05, 3.63) is 70.3 Å². The first-order chi connectivity index (χ1) is 10.9. The molecule has 0 fully saturated rings. The van der Waals surface area contributed by atoms with Crippen molar-refractivity contribution in [3.8, 4) is 0 Å². The van der Waals surface area contributed by atoms with Crippen LogP contribution in [-0.2, 0) is 28.6 Å². The van der Waals surface area contributed by atoms with Crippen LogP contribution in [0.5, 0.6) is 0 Å². The van der Waals surface area contributed by atoms with E-state index in [-0.39, 0.29) is 11.8 Å². The van der Waals surface area contributed by atoms with Crippen molar-refractivity contribution in [2.45, 2.75) is 44.9 Å². The van der Waals surface area contributed by atoms with Crippen molar-refractivity contribution < 1.29 is 8.42 Å². The van der Waals surface area contributed by atoms with Crippen LogP contribution in [0.2, 0.25) is 0 Å². The Bertz CT molecular complexity index is 795. The molecule has 1 aliphatic carbocycles. The van der Waals surface area contributed by atoms with E-state index in [9.17, 15) is 8.42 Å². The maximum atomic E-state index is 12.4. The predicted molar refractivity (Wildman–Crippen MR) is 93.8 cm³/mol. The molecule has 1 atom stereocenters. The van der Waals surface area contributed by atoms with Gasteiger partial charge in [0.15, 0.2) is 0 Å². The minimum atomic E-state index is -3.36. The molecule has 0 saturated carbocycles. The molecule has 3 rings (SSSR count). The Labute approximate surface area is 138 Å². The van der Waals surface area contributed by atoms with Crippen LogP contribution in [0.25, 0.3) is 0 Å². The molecule has 0 saturated heterocycles. The first-order valence-corrected chi connectivity index (χ1v) is 9.75. The molecule has 0 amide bonds. The lowest BCUT2D eigenvalue weighted by atomic mass is 10.0. The van der Waals surface area contributed by atoms with E-state index in [4.69, 9.17) is 0 Å². The highest BCUT2D eigenvalue weighted by atomic mass is 32.2. The van der Waals surface area contributed by atoms with Crippen molar-refractivity contribution in [2.75, 3.05) is 0 Å². The van der Waals surface area contributed by atoms with Crippen molar-refractivity contribution in [2.24, 2.45) is 0 Å². The van der Waals surface area contributed by atoms with Crippen molar-refractivity contribution in [1.82, 2.24) is 4.72 Å². The number of nitrogens with one attached hydrogen (secondary N) is 1. The lowest BCUT2D eigenvalue weighted by molar-refractivity contribution is 0.566. The Morgan fingerprint density at radius 3 is 2.48 bits per heavy atom. The van der Waals surface area contributed by atoms with Gasteiger partial charge in [0, 0.05) is 6.04 Å². The van der Waals surface area contributed by atoms with Gasteiger partial charge in [-0.15, -0.1) is 0 Å². The average Bonchev–Trinajstić information content (AvgIpc) is 2.96. The molecule has 1 N–H and O–H groups in total. The highest BCUT2D eigenvalue weighted by molar-refractivity contribution is 7.88. The fourth-order valence-electron chi connectivity index (χ4n) is 3.14. The zero-order chi connectivity index (χ0) is 16.4. The second kappa shape index (κ2) is 6.46. The SMILES string of the molecule is Cc1ccc(CS(=O)(=O)N[C@@H](C)c2ccc3c(c2)CCC3)cc1. The van der Waals surface area contributed by atoms with Gasteiger partial charge in [-0.1, -0.05) is 48.0 Å². The maximum Gasteiger partial charge on any atom is 0.216 e. The summed E-state index contributed by atoms with van der Waals surface area (Å²) in [5.41, 5.74) is 5.75. The molecular weight excluding hydrogens is 306 g/mol. The van der Waals surface area contributed by atoms with Gasteiger partial charge in [0.25, 0.3) is 0 Å². The standard InChI is InChI=1S/C19H23NO2S/c1-14-6-8-16(9-7-14)13-23(21,22)20-15(2)18-11-10-17-4-3-5-19(17)12-18/h6-12,15,20H,3-5,13H2,1-2H3/t15-/m0/s1. The lowest BCUT2D eigenvalue weighted by Gasteiger charge is -2.16. The van der Waals surface area contributed by atoms with Gasteiger partial charge in [-0.05, 0) is 55.4 Å². The third-order valence-corrected chi connectivity index (χ3v) is 5.88. The van der Waals surface area contributed by atoms with Crippen LogP contribution in [0.3, 0.4) is 0 Å². The Balaban J connectivity index is 1.70. The third kappa shape index (κ3) is 4.01. The highest BCUT2D eigenvalue weighted by Gasteiger charge is 2.18. The van der Waals surface area contributed by atoms with Gasteiger partial charge >= 0.3 is 0 Å². The number of aryl methyl sites for hydroxylation is 3. The van der Waals surface area contributed by atoms with E-state index in [1.54, 1.807) is 0 Å². The highest BCUT2D eigenvalue weighted by Crippen LogP contribution is 2.25. The summed E-state index contributed by atoms with van der Waals surface area (Å²) < 4.78 is 27.6. The molecular formula is C19H23NO2S. The van der Waals surface area contributed by atoms with E-state index in [0.717, 1.165) is 29.5 Å². The average molecular weight is 329 g/mol. The molecule has 4 heteroatoms. The fourth-order valence-corrected chi connectivity index (χ4v) is 4.53. The third-order valence-electron chi connectivity index (χ3n) is 4.46. The Kier molecular flexibility index (Phi) is 4.55. The molecule has 122 valence electrons. The van der Waals surface area contributed by atoms with Crippen molar-refractivity contribution in [1.29, 1.82) is 0 Å². The molecule has 0 heterocycles. The summed E-state index contributed by atoms with van der Waals surface area (Å²) in [6, 6.07) is 13.7. The number of hydrogen-bond donors (Lipinski definition) is 1. The molecule has 0 spiro atoms. The summed E-state index contributed by atoms with van der Waals surface area (Å²) in [5.74, 6) is 0.0164. The predicted octanol–water partition coefficient (Wildman–Crippen LogP) is 3.66. The quantitative estimate of drug-likeness (QED) is 0.910. The molecule has 23 heavy (non-hydrogen) atoms. The molecule has 0 bridgehead atoms. The Morgan fingerprint density at radius 1 is 1.04 bits per heavy atom. The summed E-state index contributed by atoms with van der Waals surface area (Å²) in [4.78, 5) is 0. The van der Waals surface area contributed by atoms with E-state index in [1.807, 2.05) is 44.2 Å². The molecule has 0 aliphatic heterocycles. The normalized spacial score (nSPS) is 15.4. The largest absolute Gasteiger partial charge is 0.216 e. The van der Waals surface area contributed by atoms with Gasteiger partial charge in [0.1, 0.15) is 0 Å². The second-order valence-corrected chi connectivity index (χ2v) is 8.22. The van der Waals surface area contributed by atoms with Gasteiger partial charge in [0.2, 0.25) is 10.0 Å². The first-order valence-electron chi connectivity index (χ1n) is 8.10. The van der Waals surface area contributed by atoms with Gasteiger partial charge in [-0.2, -0.15) is 0 Å². The summed E-state index contributed by atoms with van der Waals surface area (Å²) in [7, 11) is -3.36. The van der Waals surface area contributed by atoms with Crippen LogP contribution in [0, 0.1) is 6.92 Å². The van der Waals surface area contributed by atoms with Crippen LogP contribution in [0.1, 0.15) is 47.2 Å². The summed E-state index contributed by atoms with van der Waals surface area (Å²) in [5, 5.41) is 0. The van der Waals surface area contributed by atoms with Gasteiger partial charge in [-0.3, -0.25) is 0 Å². The van der Waals surface area contributed by atoms with Crippen LogP contribution >= 0.6 is 0 Å². The van der Waals surface area contributed by atoms with Crippen LogP contribution in [0.4, 0.5) is 0 Å². The molecule has 3 nitrogen and oxygen atoms in total. The van der Waals surface area contributed by atoms with Gasteiger partial charge < -0.3 is 0 Å². The number of sulfonamides is 1. The number of fused-ring (bicyclic) bond motifs is 1. The van der Waals surface area contributed by atoms with Gasteiger partial charge in [-0.25, -0.2) is 13.1 Å². The molecule has 2 aromatic rings. The monoisotopic (exact) mass is 329 g/mol. The molecule has 2 aromatic carbocycles. The van der Waals surface area contributed by atoms with E-state index in [1.165, 1.54) is 17.5 Å². The minimum Gasteiger partial charge on any atom is -0.212 e. The molecule has 1 aliphatic rings. The van der Waals surface area contributed by atoms with E-state index in [0.29, 0.717) is 0 Å². The molecule has 0 radical (unpaired) electrons. The van der Waals surface area contributed by atoms with Gasteiger partial charge in [0.05, 0.1) is 5.75 Å². The summed E-state index contributed by atoms with van der Waals surface area (Å²) >= 11 is 0. The van der Waals surface area contributed by atoms with Crippen LogP contribution < -0.4 is 4.72 Å². The molecule has 0 aromatic heterocycles. The first kappa shape index (κ1) is 16.2. The number of benzene rings is 2. The number of rotatable bonds is 5. The maximum absolute atomic E-state index is 12.4. The second-order valence-electron chi connectivity index (χ2n) is 6.47. The minimum absolute atomic E-state index is 0.0164. The van der Waals surface area contributed by atoms with E-state index < -0.39 is 10.0 Å². The van der Waals surface area contributed by atoms with Crippen molar-refractivity contribution >= 4 is 10.0 Å². The zero-order valence-electron chi connectivity index (χ0n) is 13.7. The molecule has 0 unspecified atom stereocenters. The summed E-state index contributed by atoms with van der Waals surface area (Å²) in [6.07, 6.45) is 3.45. The fraction of sp³-hybridized carbons (Fsp3) is 0.368. The Hall–Kier alpha value is -1.65. The Morgan fingerprint density at radius 2 is 1.74 bits per heavy atom.